The molecular formula is C14H20ClNO2. The summed E-state index contributed by atoms with van der Waals surface area (Å²) in [5, 5.41) is 9.51. The second-order valence-corrected chi connectivity index (χ2v) is 5.13. The summed E-state index contributed by atoms with van der Waals surface area (Å²) >= 11 is 5.87. The Morgan fingerprint density at radius 1 is 1.22 bits per heavy atom. The van der Waals surface area contributed by atoms with Gasteiger partial charge in [-0.15, -0.1) is 0 Å². The molecule has 0 aliphatic carbocycles. The summed E-state index contributed by atoms with van der Waals surface area (Å²) in [5.41, 5.74) is 1.30. The minimum atomic E-state index is 0.116. The second-order valence-electron chi connectivity index (χ2n) is 4.70. The van der Waals surface area contributed by atoms with Gasteiger partial charge in [-0.2, -0.15) is 0 Å². The Hall–Kier alpha value is -0.610. The van der Waals surface area contributed by atoms with E-state index in [2.05, 4.69) is 17.0 Å². The molecule has 1 heterocycles. The fourth-order valence-electron chi connectivity index (χ4n) is 2.30. The van der Waals surface area contributed by atoms with E-state index in [1.807, 2.05) is 12.1 Å². The number of ether oxygens (including phenoxy) is 1. The number of hydrogen-bond donors (Lipinski definition) is 1. The third-order valence-corrected chi connectivity index (χ3v) is 3.55. The van der Waals surface area contributed by atoms with E-state index in [0.717, 1.165) is 37.5 Å². The largest absolute Gasteiger partial charge is 0.394 e. The molecule has 0 saturated carbocycles. The van der Waals surface area contributed by atoms with E-state index in [-0.39, 0.29) is 6.61 Å². The van der Waals surface area contributed by atoms with Crippen molar-refractivity contribution in [1.29, 1.82) is 0 Å². The van der Waals surface area contributed by atoms with Crippen molar-refractivity contribution in [2.45, 2.75) is 25.5 Å². The topological polar surface area (TPSA) is 32.7 Å². The van der Waals surface area contributed by atoms with Crippen LogP contribution in [-0.2, 0) is 11.3 Å². The van der Waals surface area contributed by atoms with E-state index in [1.165, 1.54) is 5.56 Å². The predicted octanol–water partition coefficient (Wildman–Crippen LogP) is 2.31. The number of piperidine rings is 1. The van der Waals surface area contributed by atoms with Gasteiger partial charge in [-0.25, -0.2) is 0 Å². The van der Waals surface area contributed by atoms with Gasteiger partial charge >= 0.3 is 0 Å². The molecule has 1 aliphatic rings. The quantitative estimate of drug-likeness (QED) is 0.890. The highest BCUT2D eigenvalue weighted by Gasteiger charge is 2.19. The Morgan fingerprint density at radius 2 is 1.89 bits per heavy atom. The van der Waals surface area contributed by atoms with Crippen molar-refractivity contribution < 1.29 is 9.84 Å². The molecule has 4 heteroatoms. The number of likely N-dealkylation sites (tertiary alicyclic amines) is 1. The summed E-state index contributed by atoms with van der Waals surface area (Å²) in [5.74, 6) is 0. The van der Waals surface area contributed by atoms with E-state index in [4.69, 9.17) is 21.4 Å². The normalized spacial score (nSPS) is 18.1. The highest BCUT2D eigenvalue weighted by molar-refractivity contribution is 6.30. The van der Waals surface area contributed by atoms with Gasteiger partial charge in [0.15, 0.2) is 0 Å². The van der Waals surface area contributed by atoms with Crippen molar-refractivity contribution in [2.75, 3.05) is 26.3 Å². The highest BCUT2D eigenvalue weighted by Crippen LogP contribution is 2.17. The number of halogens is 1. The summed E-state index contributed by atoms with van der Waals surface area (Å²) < 4.78 is 5.55. The molecule has 1 aromatic rings. The first-order valence-electron chi connectivity index (χ1n) is 6.47. The van der Waals surface area contributed by atoms with Crippen molar-refractivity contribution >= 4 is 11.6 Å². The highest BCUT2D eigenvalue weighted by atomic mass is 35.5. The zero-order valence-electron chi connectivity index (χ0n) is 10.5. The van der Waals surface area contributed by atoms with Crippen LogP contribution in [0.5, 0.6) is 0 Å². The lowest BCUT2D eigenvalue weighted by molar-refractivity contribution is -0.00901. The number of rotatable bonds is 5. The summed E-state index contributed by atoms with van der Waals surface area (Å²) in [6.07, 6.45) is 2.42. The van der Waals surface area contributed by atoms with Crippen LogP contribution in [0, 0.1) is 0 Å². The van der Waals surface area contributed by atoms with Crippen molar-refractivity contribution in [3.8, 4) is 0 Å². The lowest BCUT2D eigenvalue weighted by Crippen LogP contribution is -2.36. The van der Waals surface area contributed by atoms with Crippen LogP contribution in [-0.4, -0.2) is 42.4 Å². The van der Waals surface area contributed by atoms with Crippen molar-refractivity contribution in [3.63, 3.8) is 0 Å². The van der Waals surface area contributed by atoms with Gasteiger partial charge in [0.25, 0.3) is 0 Å². The average Bonchev–Trinajstić information content (AvgIpc) is 2.41. The lowest BCUT2D eigenvalue weighted by atomic mass is 10.1. The Morgan fingerprint density at radius 3 is 2.50 bits per heavy atom. The molecular weight excluding hydrogens is 250 g/mol. The Labute approximate surface area is 113 Å². The van der Waals surface area contributed by atoms with Crippen LogP contribution in [0.3, 0.4) is 0 Å². The fraction of sp³-hybridized carbons (Fsp3) is 0.571. The van der Waals surface area contributed by atoms with Crippen LogP contribution >= 0.6 is 11.6 Å². The first kappa shape index (κ1) is 13.8. The van der Waals surface area contributed by atoms with Gasteiger partial charge in [-0.1, -0.05) is 23.7 Å². The maximum atomic E-state index is 8.72. The number of aliphatic hydroxyl groups is 1. The van der Waals surface area contributed by atoms with Gasteiger partial charge in [0.1, 0.15) is 0 Å². The van der Waals surface area contributed by atoms with Crippen LogP contribution in [0.15, 0.2) is 24.3 Å². The molecule has 0 amide bonds. The number of nitrogens with zero attached hydrogens (tertiary/aromatic N) is 1. The van der Waals surface area contributed by atoms with Gasteiger partial charge in [0.2, 0.25) is 0 Å². The van der Waals surface area contributed by atoms with E-state index in [0.29, 0.717) is 12.7 Å². The third-order valence-electron chi connectivity index (χ3n) is 3.30. The van der Waals surface area contributed by atoms with Gasteiger partial charge in [0.05, 0.1) is 19.3 Å². The summed E-state index contributed by atoms with van der Waals surface area (Å²) in [6.45, 7) is 3.66. The van der Waals surface area contributed by atoms with Crippen molar-refractivity contribution in [3.05, 3.63) is 34.9 Å². The Bertz CT molecular complexity index is 347. The van der Waals surface area contributed by atoms with Crippen molar-refractivity contribution in [1.82, 2.24) is 4.90 Å². The summed E-state index contributed by atoms with van der Waals surface area (Å²) in [4.78, 5) is 2.43. The van der Waals surface area contributed by atoms with E-state index in [1.54, 1.807) is 0 Å². The molecule has 0 unspecified atom stereocenters. The monoisotopic (exact) mass is 269 g/mol. The fourth-order valence-corrected chi connectivity index (χ4v) is 2.43. The van der Waals surface area contributed by atoms with Crippen LogP contribution in [0.2, 0.25) is 5.02 Å². The molecule has 0 atom stereocenters. The molecule has 1 aromatic carbocycles. The minimum Gasteiger partial charge on any atom is -0.394 e. The minimum absolute atomic E-state index is 0.116. The van der Waals surface area contributed by atoms with Crippen LogP contribution in [0.4, 0.5) is 0 Å². The van der Waals surface area contributed by atoms with E-state index >= 15 is 0 Å². The summed E-state index contributed by atoms with van der Waals surface area (Å²) in [6, 6.07) is 8.04. The van der Waals surface area contributed by atoms with Gasteiger partial charge in [-0.3, -0.25) is 4.90 Å². The molecule has 18 heavy (non-hydrogen) atoms. The SMILES string of the molecule is OCCOC1CCN(Cc2ccc(Cl)cc2)CC1. The average molecular weight is 270 g/mol. The lowest BCUT2D eigenvalue weighted by Gasteiger charge is -2.31. The molecule has 0 radical (unpaired) electrons. The predicted molar refractivity (Wildman–Crippen MR) is 72.8 cm³/mol. The van der Waals surface area contributed by atoms with Crippen molar-refractivity contribution in [2.24, 2.45) is 0 Å². The van der Waals surface area contributed by atoms with E-state index < -0.39 is 0 Å². The van der Waals surface area contributed by atoms with Crippen LogP contribution in [0.1, 0.15) is 18.4 Å². The van der Waals surface area contributed by atoms with Gasteiger partial charge in [-0.05, 0) is 30.5 Å². The number of hydrogen-bond acceptors (Lipinski definition) is 3. The standard InChI is InChI=1S/C14H20ClNO2/c15-13-3-1-12(2-4-13)11-16-7-5-14(6-8-16)18-10-9-17/h1-4,14,17H,5-11H2. The number of aliphatic hydroxyl groups excluding tert-OH is 1. The van der Waals surface area contributed by atoms with E-state index in [9.17, 15) is 0 Å². The molecule has 2 rings (SSSR count). The van der Waals surface area contributed by atoms with Gasteiger partial charge in [0, 0.05) is 24.7 Å². The molecule has 1 saturated heterocycles. The maximum Gasteiger partial charge on any atom is 0.0701 e. The molecule has 0 bridgehead atoms. The third kappa shape index (κ3) is 4.25. The summed E-state index contributed by atoms with van der Waals surface area (Å²) in [7, 11) is 0. The molecule has 0 spiro atoms. The van der Waals surface area contributed by atoms with Crippen LogP contribution in [0.25, 0.3) is 0 Å². The molecule has 1 N–H and O–H groups in total. The second kappa shape index (κ2) is 7.10. The molecule has 1 aliphatic heterocycles. The molecule has 0 aromatic heterocycles. The molecule has 3 nitrogen and oxygen atoms in total. The molecule has 100 valence electrons. The molecule has 1 fully saturated rings. The number of benzene rings is 1. The Balaban J connectivity index is 1.74. The zero-order chi connectivity index (χ0) is 12.8. The first-order valence-corrected chi connectivity index (χ1v) is 6.85. The first-order chi connectivity index (χ1) is 8.78. The van der Waals surface area contributed by atoms with Gasteiger partial charge < -0.3 is 9.84 Å². The maximum absolute atomic E-state index is 8.72. The Kier molecular flexibility index (Phi) is 5.45. The van der Waals surface area contributed by atoms with Crippen LogP contribution < -0.4 is 0 Å². The smallest absolute Gasteiger partial charge is 0.0701 e. The zero-order valence-corrected chi connectivity index (χ0v) is 11.3.